The van der Waals surface area contributed by atoms with Crippen molar-refractivity contribution < 1.29 is 26.9 Å². The standard InChI is InChI=1S/C32H39F3N4O3S/c1-3-43(40)26-9-10-29(31(21-26)41-2)36-15-5-6-25-20-27-28(7-4-8-30(27)39(25)22-32(33,34)35)37-23-11-16-38(17-12-23)24-13-18-42-19-14-24/h4,7-10,20-21,23-24,36-37H,3,11-19,22H2,1-2H3. The van der Waals surface area contributed by atoms with Crippen LogP contribution in [0, 0.1) is 11.8 Å². The molecule has 0 aliphatic carbocycles. The average molecular weight is 617 g/mol. The smallest absolute Gasteiger partial charge is 0.406 e. The van der Waals surface area contributed by atoms with Crippen LogP contribution in [0.25, 0.3) is 10.9 Å². The largest absolute Gasteiger partial charge is 0.495 e. The molecule has 1 atom stereocenters. The molecule has 0 radical (unpaired) electrons. The van der Waals surface area contributed by atoms with E-state index in [9.17, 15) is 17.4 Å². The second kappa shape index (κ2) is 14.1. The number of rotatable bonds is 9. The predicted molar refractivity (Wildman–Crippen MR) is 165 cm³/mol. The van der Waals surface area contributed by atoms with Gasteiger partial charge in [-0.1, -0.05) is 18.9 Å². The molecule has 7 nitrogen and oxygen atoms in total. The lowest BCUT2D eigenvalue weighted by molar-refractivity contribution is -0.140. The van der Waals surface area contributed by atoms with Gasteiger partial charge in [0.2, 0.25) is 0 Å². The van der Waals surface area contributed by atoms with Crippen molar-refractivity contribution in [1.29, 1.82) is 0 Å². The van der Waals surface area contributed by atoms with Crippen molar-refractivity contribution in [1.82, 2.24) is 9.47 Å². The number of piperidine rings is 1. The van der Waals surface area contributed by atoms with E-state index >= 15 is 0 Å². The summed E-state index contributed by atoms with van der Waals surface area (Å²) < 4.78 is 65.3. The number of methoxy groups -OCH3 is 1. The van der Waals surface area contributed by atoms with Gasteiger partial charge in [-0.3, -0.25) is 4.21 Å². The maximum atomic E-state index is 13.7. The number of alkyl halides is 3. The molecule has 2 aliphatic heterocycles. The van der Waals surface area contributed by atoms with E-state index in [1.807, 2.05) is 13.0 Å². The molecule has 2 saturated heterocycles. The van der Waals surface area contributed by atoms with Crippen LogP contribution in [0.2, 0.25) is 0 Å². The third kappa shape index (κ3) is 7.85. The average Bonchev–Trinajstić information content (AvgIpc) is 3.36. The van der Waals surface area contributed by atoms with Gasteiger partial charge in [0.15, 0.2) is 0 Å². The Labute approximate surface area is 253 Å². The zero-order chi connectivity index (χ0) is 30.4. The molecule has 2 fully saturated rings. The number of likely N-dealkylation sites (tertiary alicyclic amines) is 1. The third-order valence-electron chi connectivity index (χ3n) is 8.16. The quantitative estimate of drug-likeness (QED) is 0.294. The van der Waals surface area contributed by atoms with E-state index in [-0.39, 0.29) is 12.6 Å². The van der Waals surface area contributed by atoms with E-state index in [1.165, 1.54) is 11.7 Å². The lowest BCUT2D eigenvalue weighted by atomic mass is 9.99. The summed E-state index contributed by atoms with van der Waals surface area (Å²) in [7, 11) is 0.418. The summed E-state index contributed by atoms with van der Waals surface area (Å²) in [6, 6.07) is 13.3. The van der Waals surface area contributed by atoms with Crippen molar-refractivity contribution >= 4 is 33.1 Å². The van der Waals surface area contributed by atoms with Gasteiger partial charge >= 0.3 is 6.18 Å². The summed E-state index contributed by atoms with van der Waals surface area (Å²) in [5, 5.41) is 7.52. The highest BCUT2D eigenvalue weighted by molar-refractivity contribution is 7.85. The normalized spacial score (nSPS) is 17.8. The fraction of sp³-hybridized carbons (Fsp3) is 0.500. The topological polar surface area (TPSA) is 67.8 Å². The van der Waals surface area contributed by atoms with Crippen LogP contribution in [-0.4, -0.2) is 77.6 Å². The lowest BCUT2D eigenvalue weighted by Gasteiger charge is -2.39. The van der Waals surface area contributed by atoms with Crippen molar-refractivity contribution in [2.45, 2.75) is 62.3 Å². The molecule has 5 rings (SSSR count). The minimum atomic E-state index is -4.39. The van der Waals surface area contributed by atoms with Crippen LogP contribution in [0.5, 0.6) is 5.75 Å². The van der Waals surface area contributed by atoms with Gasteiger partial charge in [0, 0.05) is 60.1 Å². The number of anilines is 2. The molecule has 1 unspecified atom stereocenters. The number of nitrogens with zero attached hydrogens (tertiary/aromatic N) is 2. The van der Waals surface area contributed by atoms with E-state index in [4.69, 9.17) is 9.47 Å². The van der Waals surface area contributed by atoms with Crippen LogP contribution in [0.15, 0.2) is 47.4 Å². The molecule has 43 heavy (non-hydrogen) atoms. The van der Waals surface area contributed by atoms with Crippen molar-refractivity contribution in [3.05, 3.63) is 48.2 Å². The van der Waals surface area contributed by atoms with Crippen LogP contribution in [0.3, 0.4) is 0 Å². The molecule has 2 N–H and O–H groups in total. The molecule has 3 aromatic rings. The number of fused-ring (bicyclic) bond motifs is 1. The highest BCUT2D eigenvalue weighted by Gasteiger charge is 2.30. The van der Waals surface area contributed by atoms with Crippen LogP contribution in [-0.2, 0) is 22.1 Å². The van der Waals surface area contributed by atoms with E-state index < -0.39 is 23.5 Å². The molecule has 232 valence electrons. The van der Waals surface area contributed by atoms with E-state index in [1.54, 1.807) is 36.4 Å². The second-order valence-electron chi connectivity index (χ2n) is 10.9. The molecule has 0 saturated carbocycles. The van der Waals surface area contributed by atoms with Crippen molar-refractivity contribution in [3.63, 3.8) is 0 Å². The second-order valence-corrected chi connectivity index (χ2v) is 12.7. The maximum Gasteiger partial charge on any atom is 0.406 e. The maximum absolute atomic E-state index is 13.7. The van der Waals surface area contributed by atoms with Gasteiger partial charge in [-0.05, 0) is 68.0 Å². The van der Waals surface area contributed by atoms with Crippen LogP contribution in [0.1, 0.15) is 38.3 Å². The zero-order valence-corrected chi connectivity index (χ0v) is 25.5. The molecule has 0 amide bonds. The van der Waals surface area contributed by atoms with Gasteiger partial charge in [0.25, 0.3) is 0 Å². The van der Waals surface area contributed by atoms with Crippen LogP contribution < -0.4 is 15.4 Å². The van der Waals surface area contributed by atoms with Crippen LogP contribution >= 0.6 is 0 Å². The highest BCUT2D eigenvalue weighted by atomic mass is 32.2. The van der Waals surface area contributed by atoms with Gasteiger partial charge in [-0.15, -0.1) is 0 Å². The summed E-state index contributed by atoms with van der Waals surface area (Å²) in [6.45, 7) is 4.57. The van der Waals surface area contributed by atoms with Crippen molar-refractivity contribution in [2.75, 3.05) is 56.3 Å². The van der Waals surface area contributed by atoms with Gasteiger partial charge in [0.1, 0.15) is 12.3 Å². The summed E-state index contributed by atoms with van der Waals surface area (Å²) >= 11 is 0. The Morgan fingerprint density at radius 1 is 1.07 bits per heavy atom. The SMILES string of the molecule is CCS(=O)c1ccc(NCC#Cc2cc3c(NC4CCN(C5CCOCC5)CC4)cccc3n2CC(F)(F)F)c(OC)c1. The molecular formula is C32H39F3N4O3S. The number of halogens is 3. The van der Waals surface area contributed by atoms with Crippen LogP contribution in [0.4, 0.5) is 24.5 Å². The van der Waals surface area contributed by atoms with Crippen molar-refractivity contribution in [2.24, 2.45) is 0 Å². The van der Waals surface area contributed by atoms with Gasteiger partial charge in [0.05, 0.1) is 41.4 Å². The molecule has 0 spiro atoms. The molecule has 0 bridgehead atoms. The Morgan fingerprint density at radius 3 is 2.53 bits per heavy atom. The monoisotopic (exact) mass is 616 g/mol. The molecule has 11 heteroatoms. The van der Waals surface area contributed by atoms with Gasteiger partial charge in [-0.25, -0.2) is 0 Å². The summed E-state index contributed by atoms with van der Waals surface area (Å²) in [6.07, 6.45) is -0.286. The minimum Gasteiger partial charge on any atom is -0.495 e. The van der Waals surface area contributed by atoms with E-state index in [2.05, 4.69) is 27.4 Å². The Kier molecular flexibility index (Phi) is 10.2. The first-order valence-electron chi connectivity index (χ1n) is 14.8. The number of nitrogens with one attached hydrogen (secondary N) is 2. The van der Waals surface area contributed by atoms with E-state index in [0.29, 0.717) is 39.3 Å². The zero-order valence-electron chi connectivity index (χ0n) is 24.6. The molecule has 3 heterocycles. The first kappa shape index (κ1) is 31.2. The van der Waals surface area contributed by atoms with Crippen molar-refractivity contribution in [3.8, 4) is 17.6 Å². The minimum absolute atomic E-state index is 0.191. The van der Waals surface area contributed by atoms with Gasteiger partial charge in [-0.2, -0.15) is 13.2 Å². The molecule has 1 aromatic heterocycles. The fourth-order valence-corrected chi connectivity index (χ4v) is 6.73. The molecule has 2 aliphatic rings. The number of benzene rings is 2. The molecular weight excluding hydrogens is 577 g/mol. The Hall–Kier alpha value is -3.20. The highest BCUT2D eigenvalue weighted by Crippen LogP contribution is 2.32. The first-order valence-corrected chi connectivity index (χ1v) is 16.1. The Balaban J connectivity index is 1.32. The number of hydrogen-bond acceptors (Lipinski definition) is 6. The Morgan fingerprint density at radius 2 is 1.84 bits per heavy atom. The third-order valence-corrected chi connectivity index (χ3v) is 9.47. The lowest BCUT2D eigenvalue weighted by Crippen LogP contribution is -2.46. The van der Waals surface area contributed by atoms with Gasteiger partial charge < -0.3 is 29.6 Å². The summed E-state index contributed by atoms with van der Waals surface area (Å²) in [4.78, 5) is 3.22. The van der Waals surface area contributed by atoms with E-state index in [0.717, 1.165) is 63.1 Å². The number of aromatic nitrogens is 1. The summed E-state index contributed by atoms with van der Waals surface area (Å²) in [5.74, 6) is 6.97. The predicted octanol–water partition coefficient (Wildman–Crippen LogP) is 5.86. The number of hydrogen-bond donors (Lipinski definition) is 2. The summed E-state index contributed by atoms with van der Waals surface area (Å²) in [5.41, 5.74) is 2.30. The number of ether oxygens (including phenoxy) is 2. The first-order chi connectivity index (χ1) is 20.8. The fourth-order valence-electron chi connectivity index (χ4n) is 5.94. The Bertz CT molecular complexity index is 1480. The molecule has 2 aromatic carbocycles.